The first kappa shape index (κ1) is 20.0. The molecule has 3 N–H and O–H groups in total. The maximum Gasteiger partial charge on any atom is 0.234 e. The predicted octanol–water partition coefficient (Wildman–Crippen LogP) is 2.48. The van der Waals surface area contributed by atoms with Gasteiger partial charge in [-0.05, 0) is 24.0 Å². The summed E-state index contributed by atoms with van der Waals surface area (Å²) in [6, 6.07) is 7.88. The first-order chi connectivity index (χ1) is 12.4. The van der Waals surface area contributed by atoms with Gasteiger partial charge in [0.15, 0.2) is 5.16 Å². The summed E-state index contributed by atoms with van der Waals surface area (Å²) in [5, 5.41) is 11.7. The summed E-state index contributed by atoms with van der Waals surface area (Å²) in [5.41, 5.74) is 7.15. The molecule has 0 unspecified atom stereocenters. The molecule has 0 bridgehead atoms. The summed E-state index contributed by atoms with van der Waals surface area (Å²) in [4.78, 5) is 23.2. The van der Waals surface area contributed by atoms with Crippen molar-refractivity contribution in [3.8, 4) is 0 Å². The molecule has 2 aromatic rings. The molecule has 0 radical (unpaired) electrons. The fraction of sp³-hybridized carbons (Fsp3) is 0.444. The third-order valence-corrected chi connectivity index (χ3v) is 5.25. The molecule has 0 aliphatic heterocycles. The third kappa shape index (κ3) is 5.32. The number of rotatable bonds is 9. The van der Waals surface area contributed by atoms with Crippen LogP contribution in [0.5, 0.6) is 0 Å². The number of aryl methyl sites for hydroxylation is 1. The molecule has 1 aromatic carbocycles. The van der Waals surface area contributed by atoms with Crippen molar-refractivity contribution in [3.05, 3.63) is 35.7 Å². The van der Waals surface area contributed by atoms with Gasteiger partial charge < -0.3 is 15.6 Å². The van der Waals surface area contributed by atoms with Crippen molar-refractivity contribution in [1.82, 2.24) is 14.8 Å². The van der Waals surface area contributed by atoms with E-state index in [1.54, 1.807) is 4.57 Å². The molecule has 26 heavy (non-hydrogen) atoms. The van der Waals surface area contributed by atoms with E-state index in [9.17, 15) is 9.59 Å². The number of para-hydroxylation sites is 1. The molecule has 0 spiro atoms. The number of nitrogens with zero attached hydrogens (tertiary/aromatic N) is 3. The van der Waals surface area contributed by atoms with Crippen molar-refractivity contribution >= 4 is 29.3 Å². The van der Waals surface area contributed by atoms with Gasteiger partial charge >= 0.3 is 0 Å². The Bertz CT molecular complexity index is 775. The topological polar surface area (TPSA) is 103 Å². The van der Waals surface area contributed by atoms with E-state index in [2.05, 4.69) is 29.4 Å². The smallest absolute Gasteiger partial charge is 0.234 e. The second-order valence-electron chi connectivity index (χ2n) is 6.16. The third-order valence-electron chi connectivity index (χ3n) is 4.23. The van der Waals surface area contributed by atoms with Crippen molar-refractivity contribution in [1.29, 1.82) is 0 Å². The number of aromatic nitrogens is 3. The number of thioether (sulfide) groups is 1. The lowest BCUT2D eigenvalue weighted by Gasteiger charge is -2.15. The van der Waals surface area contributed by atoms with Crippen LogP contribution in [0.4, 0.5) is 5.69 Å². The number of hydrogen-bond donors (Lipinski definition) is 2. The van der Waals surface area contributed by atoms with Crippen LogP contribution in [0, 0.1) is 0 Å². The minimum Gasteiger partial charge on any atom is -0.370 e. The van der Waals surface area contributed by atoms with E-state index >= 15 is 0 Å². The van der Waals surface area contributed by atoms with Gasteiger partial charge in [-0.3, -0.25) is 9.59 Å². The summed E-state index contributed by atoms with van der Waals surface area (Å²) in [5.74, 6) is 0.824. The SMILES string of the molecule is CC[C@H](C)c1ccccc1NC(=O)CSc1nnc(CCC(N)=O)n1C. The summed E-state index contributed by atoms with van der Waals surface area (Å²) >= 11 is 1.31. The van der Waals surface area contributed by atoms with Crippen molar-refractivity contribution in [3.63, 3.8) is 0 Å². The van der Waals surface area contributed by atoms with E-state index in [1.807, 2.05) is 31.3 Å². The van der Waals surface area contributed by atoms with Gasteiger partial charge in [-0.1, -0.05) is 43.8 Å². The van der Waals surface area contributed by atoms with Crippen molar-refractivity contribution in [2.75, 3.05) is 11.1 Å². The zero-order valence-electron chi connectivity index (χ0n) is 15.4. The highest BCUT2D eigenvalue weighted by atomic mass is 32.2. The number of benzene rings is 1. The number of carbonyl (C=O) groups is 2. The Kier molecular flexibility index (Phi) is 7.20. The molecule has 2 rings (SSSR count). The summed E-state index contributed by atoms with van der Waals surface area (Å²) in [7, 11) is 1.81. The van der Waals surface area contributed by atoms with Gasteiger partial charge in [-0.25, -0.2) is 0 Å². The number of hydrogen-bond acceptors (Lipinski definition) is 5. The molecular weight excluding hydrogens is 350 g/mol. The van der Waals surface area contributed by atoms with E-state index in [1.165, 1.54) is 11.8 Å². The number of amides is 2. The maximum atomic E-state index is 12.3. The molecule has 1 atom stereocenters. The van der Waals surface area contributed by atoms with Gasteiger partial charge in [0.2, 0.25) is 11.8 Å². The molecule has 2 amide bonds. The van der Waals surface area contributed by atoms with E-state index in [0.717, 1.165) is 17.7 Å². The van der Waals surface area contributed by atoms with Crippen LogP contribution in [0.3, 0.4) is 0 Å². The summed E-state index contributed by atoms with van der Waals surface area (Å²) in [6.45, 7) is 4.27. The molecule has 140 valence electrons. The summed E-state index contributed by atoms with van der Waals surface area (Å²) in [6.07, 6.45) is 1.67. The largest absolute Gasteiger partial charge is 0.370 e. The highest BCUT2D eigenvalue weighted by Crippen LogP contribution is 2.27. The van der Waals surface area contributed by atoms with Gasteiger partial charge in [0, 0.05) is 25.6 Å². The van der Waals surface area contributed by atoms with E-state index in [-0.39, 0.29) is 24.0 Å². The Balaban J connectivity index is 1.95. The Morgan fingerprint density at radius 3 is 2.73 bits per heavy atom. The molecule has 0 fully saturated rings. The van der Waals surface area contributed by atoms with Crippen molar-refractivity contribution < 1.29 is 9.59 Å². The number of primary amides is 1. The predicted molar refractivity (Wildman–Crippen MR) is 103 cm³/mol. The molecule has 0 aliphatic carbocycles. The van der Waals surface area contributed by atoms with Crippen LogP contribution < -0.4 is 11.1 Å². The van der Waals surface area contributed by atoms with Crippen LogP contribution in [0.25, 0.3) is 0 Å². The van der Waals surface area contributed by atoms with Crippen molar-refractivity contribution in [2.45, 2.75) is 44.2 Å². The second kappa shape index (κ2) is 9.38. The van der Waals surface area contributed by atoms with Crippen LogP contribution >= 0.6 is 11.8 Å². The van der Waals surface area contributed by atoms with Gasteiger partial charge in [0.25, 0.3) is 0 Å². The number of nitrogens with one attached hydrogen (secondary N) is 1. The quantitative estimate of drug-likeness (QED) is 0.656. The van der Waals surface area contributed by atoms with Gasteiger partial charge in [0.1, 0.15) is 5.82 Å². The Hall–Kier alpha value is -2.35. The van der Waals surface area contributed by atoms with E-state index in [0.29, 0.717) is 23.3 Å². The highest BCUT2D eigenvalue weighted by Gasteiger charge is 2.14. The first-order valence-corrected chi connectivity index (χ1v) is 9.59. The number of anilines is 1. The first-order valence-electron chi connectivity index (χ1n) is 8.60. The average molecular weight is 375 g/mol. The molecule has 1 aromatic heterocycles. The maximum absolute atomic E-state index is 12.3. The molecule has 7 nitrogen and oxygen atoms in total. The minimum absolute atomic E-state index is 0.0903. The lowest BCUT2D eigenvalue weighted by atomic mass is 9.97. The van der Waals surface area contributed by atoms with Crippen LogP contribution in [-0.2, 0) is 23.1 Å². The standard InChI is InChI=1S/C18H25N5O2S/c1-4-12(2)13-7-5-6-8-14(13)20-17(25)11-26-18-22-21-16(23(18)3)10-9-15(19)24/h5-8,12H,4,9-11H2,1-3H3,(H2,19,24)(H,20,25)/t12-/m0/s1. The molecule has 0 saturated heterocycles. The Labute approximate surface area is 157 Å². The average Bonchev–Trinajstić information content (AvgIpc) is 2.98. The van der Waals surface area contributed by atoms with Crippen LogP contribution in [0.1, 0.15) is 44.0 Å². The lowest BCUT2D eigenvalue weighted by Crippen LogP contribution is -2.16. The minimum atomic E-state index is -0.374. The fourth-order valence-corrected chi connectivity index (χ4v) is 3.23. The molecule has 8 heteroatoms. The Morgan fingerprint density at radius 1 is 1.31 bits per heavy atom. The monoisotopic (exact) mass is 375 g/mol. The Morgan fingerprint density at radius 2 is 2.04 bits per heavy atom. The van der Waals surface area contributed by atoms with E-state index < -0.39 is 0 Å². The van der Waals surface area contributed by atoms with Crippen LogP contribution in [-0.4, -0.2) is 32.3 Å². The second-order valence-corrected chi connectivity index (χ2v) is 7.10. The highest BCUT2D eigenvalue weighted by molar-refractivity contribution is 7.99. The lowest BCUT2D eigenvalue weighted by molar-refractivity contribution is -0.118. The van der Waals surface area contributed by atoms with E-state index in [4.69, 9.17) is 5.73 Å². The number of nitrogens with two attached hydrogens (primary N) is 1. The molecule has 0 saturated carbocycles. The van der Waals surface area contributed by atoms with Gasteiger partial charge in [-0.15, -0.1) is 10.2 Å². The molecule has 1 heterocycles. The normalized spacial score (nSPS) is 12.0. The summed E-state index contributed by atoms with van der Waals surface area (Å²) < 4.78 is 1.79. The number of carbonyl (C=O) groups excluding carboxylic acids is 2. The zero-order chi connectivity index (χ0) is 19.1. The van der Waals surface area contributed by atoms with Crippen LogP contribution in [0.15, 0.2) is 29.4 Å². The van der Waals surface area contributed by atoms with Gasteiger partial charge in [-0.2, -0.15) is 0 Å². The van der Waals surface area contributed by atoms with Crippen molar-refractivity contribution in [2.24, 2.45) is 12.8 Å². The zero-order valence-corrected chi connectivity index (χ0v) is 16.2. The molecule has 0 aliphatic rings. The van der Waals surface area contributed by atoms with Crippen LogP contribution in [0.2, 0.25) is 0 Å². The van der Waals surface area contributed by atoms with Gasteiger partial charge in [0.05, 0.1) is 5.75 Å². The molecular formula is C18H25N5O2S. The fourth-order valence-electron chi connectivity index (χ4n) is 2.50.